The lowest BCUT2D eigenvalue weighted by Crippen LogP contribution is -2.53. The van der Waals surface area contributed by atoms with Crippen molar-refractivity contribution in [3.8, 4) is 21.2 Å². The Hall–Kier alpha value is -6.43. The fourth-order valence-corrected chi connectivity index (χ4v) is 11.1. The standard InChI is InChI=1S/C52H59N9O6S2/c1-28-9-13-34(14-10-28)45-44-29(2)31(4)69-51(44)61-32(5)59-60-49(61)41(57-45)24-42(63)53-19-20-67-38-18-17-36(54-26-38)21-43(64)58-48(52(6,7)8)46(65)39-22-37(62)23-40(39)50(66)55-25-33-11-15-35(16-12-33)47-30(3)56-27-68-47/h9-18,26-27,37,39-41,48,62H,19-25H2,1-8H3,(H,53,63)(H,55,66)(H,58,64)/t37?,39?,40-,41?,48-/m1/s1. The molecule has 5 heterocycles. The van der Waals surface area contributed by atoms with Crippen molar-refractivity contribution in [1.82, 2.24) is 40.7 Å². The molecule has 1 aliphatic heterocycles. The first kappa shape index (κ1) is 49.0. The third kappa shape index (κ3) is 11.1. The van der Waals surface area contributed by atoms with Crippen LogP contribution in [0.4, 0.5) is 0 Å². The molecule has 1 saturated carbocycles. The van der Waals surface area contributed by atoms with Gasteiger partial charge in [0.15, 0.2) is 11.6 Å². The first-order chi connectivity index (χ1) is 32.9. The van der Waals surface area contributed by atoms with Crippen molar-refractivity contribution in [2.45, 2.75) is 106 Å². The van der Waals surface area contributed by atoms with Crippen LogP contribution in [-0.2, 0) is 32.1 Å². The molecular weight excluding hydrogens is 911 g/mol. The van der Waals surface area contributed by atoms with Crippen LogP contribution >= 0.6 is 22.7 Å². The number of carbonyl (C=O) groups is 4. The lowest BCUT2D eigenvalue weighted by Gasteiger charge is -2.33. The normalized spacial score (nSPS) is 18.1. The number of fused-ring (bicyclic) bond motifs is 3. The average molecular weight is 970 g/mol. The first-order valence-corrected chi connectivity index (χ1v) is 24.9. The number of aliphatic hydroxyl groups excluding tert-OH is 1. The zero-order valence-electron chi connectivity index (χ0n) is 40.3. The highest BCUT2D eigenvalue weighted by Crippen LogP contribution is 2.40. The number of nitrogens with zero attached hydrogens (tertiary/aromatic N) is 6. The van der Waals surface area contributed by atoms with Gasteiger partial charge in [-0.2, -0.15) is 0 Å². The van der Waals surface area contributed by atoms with Crippen molar-refractivity contribution in [3.05, 3.63) is 128 Å². The van der Waals surface area contributed by atoms with Crippen LogP contribution in [0.15, 0.2) is 77.4 Å². The number of hydrogen-bond acceptors (Lipinski definition) is 13. The Morgan fingerprint density at radius 2 is 1.59 bits per heavy atom. The maximum Gasteiger partial charge on any atom is 0.226 e. The summed E-state index contributed by atoms with van der Waals surface area (Å²) in [4.78, 5) is 71.0. The van der Waals surface area contributed by atoms with Crippen LogP contribution in [0.5, 0.6) is 5.75 Å². The molecule has 15 nitrogen and oxygen atoms in total. The molecule has 1 aliphatic carbocycles. The first-order valence-electron chi connectivity index (χ1n) is 23.2. The lowest BCUT2D eigenvalue weighted by atomic mass is 9.77. The highest BCUT2D eigenvalue weighted by Gasteiger charge is 2.47. The summed E-state index contributed by atoms with van der Waals surface area (Å²) in [6, 6.07) is 18.1. The molecule has 17 heteroatoms. The van der Waals surface area contributed by atoms with E-state index in [-0.39, 0.29) is 63.0 Å². The molecule has 0 saturated heterocycles. The Bertz CT molecular complexity index is 2880. The molecule has 4 aromatic heterocycles. The van der Waals surface area contributed by atoms with Gasteiger partial charge in [0, 0.05) is 34.2 Å². The van der Waals surface area contributed by atoms with Gasteiger partial charge in [0.25, 0.3) is 0 Å². The Kier molecular flexibility index (Phi) is 14.7. The summed E-state index contributed by atoms with van der Waals surface area (Å²) >= 11 is 3.25. The number of amides is 3. The summed E-state index contributed by atoms with van der Waals surface area (Å²) in [5.41, 5.74) is 9.63. The van der Waals surface area contributed by atoms with Crippen LogP contribution in [0.25, 0.3) is 15.4 Å². The van der Waals surface area contributed by atoms with Gasteiger partial charge in [-0.05, 0) is 81.7 Å². The predicted molar refractivity (Wildman–Crippen MR) is 267 cm³/mol. The van der Waals surface area contributed by atoms with Crippen LogP contribution in [0, 0.1) is 51.9 Å². The van der Waals surface area contributed by atoms with Crippen molar-refractivity contribution in [2.24, 2.45) is 22.2 Å². The van der Waals surface area contributed by atoms with E-state index in [4.69, 9.17) is 9.73 Å². The van der Waals surface area contributed by atoms with Crippen LogP contribution in [0.1, 0.15) is 102 Å². The van der Waals surface area contributed by atoms with Gasteiger partial charge in [0.1, 0.15) is 29.2 Å². The smallest absolute Gasteiger partial charge is 0.226 e. The molecule has 3 amide bonds. The van der Waals surface area contributed by atoms with Gasteiger partial charge >= 0.3 is 0 Å². The predicted octanol–water partition coefficient (Wildman–Crippen LogP) is 7.21. The third-order valence-corrected chi connectivity index (χ3v) is 15.1. The molecule has 0 radical (unpaired) electrons. The van der Waals surface area contributed by atoms with Gasteiger partial charge in [-0.15, -0.1) is 32.9 Å². The summed E-state index contributed by atoms with van der Waals surface area (Å²) in [6.07, 6.45) is 0.965. The van der Waals surface area contributed by atoms with E-state index < -0.39 is 41.3 Å². The minimum atomic E-state index is -0.912. The second-order valence-electron chi connectivity index (χ2n) is 19.1. The van der Waals surface area contributed by atoms with Gasteiger partial charge in [0.2, 0.25) is 17.7 Å². The van der Waals surface area contributed by atoms with Crippen molar-refractivity contribution in [3.63, 3.8) is 0 Å². The largest absolute Gasteiger partial charge is 0.490 e. The third-order valence-electron chi connectivity index (χ3n) is 12.9. The lowest BCUT2D eigenvalue weighted by molar-refractivity contribution is -0.137. The van der Waals surface area contributed by atoms with Gasteiger partial charge in [-0.25, -0.2) is 4.98 Å². The molecule has 3 unspecified atom stereocenters. The van der Waals surface area contributed by atoms with Gasteiger partial charge in [0.05, 0.1) is 65.4 Å². The van der Waals surface area contributed by atoms with Crippen LogP contribution in [-0.4, -0.2) is 84.4 Å². The molecule has 1 fully saturated rings. The molecular formula is C52H59N9O6S2. The van der Waals surface area contributed by atoms with Gasteiger partial charge in [-0.1, -0.05) is 74.9 Å². The molecule has 2 aliphatic rings. The zero-order chi connectivity index (χ0) is 49.1. The molecule has 8 rings (SSSR count). The van der Waals surface area contributed by atoms with Crippen LogP contribution < -0.4 is 20.7 Å². The number of thiophene rings is 1. The number of Topliss-reactive ketones (excluding diaryl/α,β-unsaturated/α-hetero) is 1. The highest BCUT2D eigenvalue weighted by molar-refractivity contribution is 7.15. The topological polar surface area (TPSA) is 203 Å². The number of thiazole rings is 1. The maximum absolute atomic E-state index is 14.2. The van der Waals surface area contributed by atoms with Crippen molar-refractivity contribution < 1.29 is 29.0 Å². The molecule has 6 aromatic rings. The molecule has 4 N–H and O–H groups in total. The van der Waals surface area contributed by atoms with Crippen molar-refractivity contribution in [1.29, 1.82) is 0 Å². The summed E-state index contributed by atoms with van der Waals surface area (Å²) in [7, 11) is 0. The maximum atomic E-state index is 14.2. The Morgan fingerprint density at radius 1 is 0.870 bits per heavy atom. The van der Waals surface area contributed by atoms with Crippen molar-refractivity contribution in [2.75, 3.05) is 13.2 Å². The number of carbonyl (C=O) groups excluding carboxylic acids is 4. The number of aliphatic imine (C=N–C) groups is 1. The average Bonchev–Trinajstić information content (AvgIpc) is 4.09. The van der Waals surface area contributed by atoms with E-state index >= 15 is 0 Å². The fraction of sp³-hybridized carbons (Fsp3) is 0.404. The van der Waals surface area contributed by atoms with E-state index in [0.717, 1.165) is 60.5 Å². The molecule has 5 atom stereocenters. The van der Waals surface area contributed by atoms with Gasteiger partial charge in [-0.3, -0.25) is 33.7 Å². The SMILES string of the molecule is Cc1ccc(C2=NC(CC(=O)NCCOc3ccc(CC(=O)N[C@H](C(=O)C4CC(O)C[C@H]4C(=O)NCc4ccc(-c5scnc5C)cc4)C(C)(C)C)nc3)c3nnc(C)n3-c3sc(C)c(C)c32)cc1. The molecule has 360 valence electrons. The van der Waals surface area contributed by atoms with Crippen LogP contribution in [0.3, 0.4) is 0 Å². The number of ether oxygens (including phenoxy) is 1. The summed E-state index contributed by atoms with van der Waals surface area (Å²) < 4.78 is 7.93. The Balaban J connectivity index is 0.829. The number of aliphatic hydroxyl groups is 1. The molecule has 0 bridgehead atoms. The van der Waals surface area contributed by atoms with E-state index in [1.54, 1.807) is 34.8 Å². The van der Waals surface area contributed by atoms with E-state index in [9.17, 15) is 24.3 Å². The van der Waals surface area contributed by atoms with E-state index in [1.165, 1.54) is 11.1 Å². The van der Waals surface area contributed by atoms with Gasteiger partial charge < -0.3 is 25.8 Å². The second-order valence-corrected chi connectivity index (χ2v) is 21.2. The minimum absolute atomic E-state index is 0.0594. The number of benzene rings is 2. The molecule has 2 aromatic carbocycles. The number of pyridine rings is 1. The highest BCUT2D eigenvalue weighted by atomic mass is 32.1. The number of rotatable bonds is 16. The number of aromatic nitrogens is 5. The number of ketones is 1. The minimum Gasteiger partial charge on any atom is -0.490 e. The number of aryl methyl sites for hydroxylation is 4. The van der Waals surface area contributed by atoms with E-state index in [2.05, 4.69) is 74.2 Å². The summed E-state index contributed by atoms with van der Waals surface area (Å²) in [5, 5.41) is 29.4. The second kappa shape index (κ2) is 20.7. The summed E-state index contributed by atoms with van der Waals surface area (Å²) in [5.74, 6) is -0.903. The molecule has 69 heavy (non-hydrogen) atoms. The van der Waals surface area contributed by atoms with Crippen LogP contribution in [0.2, 0.25) is 0 Å². The summed E-state index contributed by atoms with van der Waals surface area (Å²) in [6.45, 7) is 16.4. The monoisotopic (exact) mass is 969 g/mol. The Labute approximate surface area is 410 Å². The van der Waals surface area contributed by atoms with E-state index in [1.807, 2.05) is 75.9 Å². The van der Waals surface area contributed by atoms with E-state index in [0.29, 0.717) is 17.3 Å². The number of nitrogens with one attached hydrogen (secondary N) is 3. The van der Waals surface area contributed by atoms with Crippen molar-refractivity contribution >= 4 is 51.9 Å². The molecule has 0 spiro atoms. The fourth-order valence-electron chi connectivity index (χ4n) is 9.04. The number of hydrogen-bond donors (Lipinski definition) is 4. The Morgan fingerprint density at radius 3 is 2.28 bits per heavy atom. The zero-order valence-corrected chi connectivity index (χ0v) is 41.9. The quantitative estimate of drug-likeness (QED) is 0.0718.